The minimum Gasteiger partial charge on any atom is -0.326 e. The zero-order valence-electron chi connectivity index (χ0n) is 12.3. The number of aromatic nitrogens is 4. The molecular weight excluding hydrogens is 268 g/mol. The number of carbonyl (C=O) groups is 1. The first-order valence-electron chi connectivity index (χ1n) is 7.02. The van der Waals surface area contributed by atoms with Crippen molar-refractivity contribution < 1.29 is 4.79 Å². The van der Waals surface area contributed by atoms with Crippen LogP contribution in [0.1, 0.15) is 26.7 Å². The van der Waals surface area contributed by atoms with Crippen LogP contribution in [0.15, 0.2) is 30.6 Å². The first-order valence-corrected chi connectivity index (χ1v) is 7.02. The van der Waals surface area contributed by atoms with E-state index in [1.165, 1.54) is 6.33 Å². The largest absolute Gasteiger partial charge is 0.326 e. The Hall–Kier alpha value is -2.28. The highest BCUT2D eigenvalue weighted by molar-refractivity contribution is 5.90. The number of carbonyl (C=O) groups excluding carboxylic acids is 1. The molecule has 1 amide bonds. The predicted octanol–water partition coefficient (Wildman–Crippen LogP) is 1.38. The van der Waals surface area contributed by atoms with Crippen molar-refractivity contribution in [2.45, 2.75) is 32.7 Å². The molecule has 0 aliphatic carbocycles. The van der Waals surface area contributed by atoms with E-state index in [1.54, 1.807) is 4.68 Å². The third-order valence-corrected chi connectivity index (χ3v) is 2.88. The summed E-state index contributed by atoms with van der Waals surface area (Å²) in [6.07, 6.45) is 2.82. The van der Waals surface area contributed by atoms with Gasteiger partial charge in [-0.25, -0.2) is 4.68 Å². The number of nitrogens with one attached hydrogen (secondary N) is 2. The maximum atomic E-state index is 11.9. The van der Waals surface area contributed by atoms with Crippen molar-refractivity contribution >= 4 is 11.6 Å². The molecule has 0 saturated heterocycles. The lowest BCUT2D eigenvalue weighted by Gasteiger charge is -2.09. The van der Waals surface area contributed by atoms with Crippen molar-refractivity contribution in [2.75, 3.05) is 11.9 Å². The molecule has 112 valence electrons. The quantitative estimate of drug-likeness (QED) is 0.752. The van der Waals surface area contributed by atoms with Crippen LogP contribution in [0.3, 0.4) is 0 Å². The van der Waals surface area contributed by atoms with Gasteiger partial charge in [-0.15, -0.1) is 5.10 Å². The average Bonchev–Trinajstić information content (AvgIpc) is 2.98. The Balaban J connectivity index is 1.85. The zero-order chi connectivity index (χ0) is 15.1. The van der Waals surface area contributed by atoms with Gasteiger partial charge in [-0.1, -0.05) is 19.9 Å². The number of tetrazole rings is 1. The van der Waals surface area contributed by atoms with Gasteiger partial charge in [0.05, 0.1) is 5.69 Å². The summed E-state index contributed by atoms with van der Waals surface area (Å²) in [6.45, 7) is 5.02. The predicted molar refractivity (Wildman–Crippen MR) is 80.2 cm³/mol. The van der Waals surface area contributed by atoms with Gasteiger partial charge >= 0.3 is 0 Å². The molecule has 2 aromatic rings. The van der Waals surface area contributed by atoms with Crippen LogP contribution < -0.4 is 10.6 Å². The van der Waals surface area contributed by atoms with Crippen LogP contribution in [0.25, 0.3) is 5.69 Å². The third kappa shape index (κ3) is 4.96. The molecule has 21 heavy (non-hydrogen) atoms. The molecule has 0 saturated carbocycles. The fraction of sp³-hybridized carbons (Fsp3) is 0.429. The molecule has 2 rings (SSSR count). The van der Waals surface area contributed by atoms with E-state index < -0.39 is 0 Å². The Labute approximate surface area is 123 Å². The number of anilines is 1. The maximum Gasteiger partial charge on any atom is 0.224 e. The number of amides is 1. The molecule has 0 spiro atoms. The molecule has 0 aliphatic rings. The van der Waals surface area contributed by atoms with Crippen molar-refractivity contribution in [2.24, 2.45) is 0 Å². The second kappa shape index (κ2) is 7.49. The molecule has 7 nitrogen and oxygen atoms in total. The van der Waals surface area contributed by atoms with Crippen LogP contribution >= 0.6 is 0 Å². The highest BCUT2D eigenvalue weighted by Crippen LogP contribution is 2.13. The van der Waals surface area contributed by atoms with Gasteiger partial charge in [0.1, 0.15) is 6.33 Å². The van der Waals surface area contributed by atoms with Crippen molar-refractivity contribution in [3.8, 4) is 5.69 Å². The van der Waals surface area contributed by atoms with Crippen molar-refractivity contribution in [1.82, 2.24) is 25.5 Å². The maximum absolute atomic E-state index is 11.9. The van der Waals surface area contributed by atoms with E-state index in [4.69, 9.17) is 0 Å². The summed E-state index contributed by atoms with van der Waals surface area (Å²) in [5.41, 5.74) is 1.55. The van der Waals surface area contributed by atoms with Gasteiger partial charge in [0.25, 0.3) is 0 Å². The van der Waals surface area contributed by atoms with E-state index >= 15 is 0 Å². The fourth-order valence-electron chi connectivity index (χ4n) is 1.87. The molecule has 0 atom stereocenters. The molecule has 2 N–H and O–H groups in total. The first kappa shape index (κ1) is 15.1. The van der Waals surface area contributed by atoms with Crippen LogP contribution in [0, 0.1) is 0 Å². The smallest absolute Gasteiger partial charge is 0.224 e. The van der Waals surface area contributed by atoms with E-state index in [2.05, 4.69) is 40.0 Å². The van der Waals surface area contributed by atoms with Crippen LogP contribution in [-0.4, -0.2) is 38.7 Å². The molecule has 1 aromatic heterocycles. The highest BCUT2D eigenvalue weighted by atomic mass is 16.1. The molecule has 0 unspecified atom stereocenters. The van der Waals surface area contributed by atoms with Gasteiger partial charge in [0.15, 0.2) is 0 Å². The second-order valence-electron chi connectivity index (χ2n) is 5.07. The normalized spacial score (nSPS) is 10.8. The monoisotopic (exact) mass is 288 g/mol. The van der Waals surface area contributed by atoms with E-state index in [9.17, 15) is 4.79 Å². The Morgan fingerprint density at radius 1 is 1.38 bits per heavy atom. The Morgan fingerprint density at radius 2 is 2.24 bits per heavy atom. The first-order chi connectivity index (χ1) is 10.1. The lowest BCUT2D eigenvalue weighted by atomic mass is 10.2. The van der Waals surface area contributed by atoms with Gasteiger partial charge in [-0.2, -0.15) is 0 Å². The third-order valence-electron chi connectivity index (χ3n) is 2.88. The molecule has 0 radical (unpaired) electrons. The molecule has 1 heterocycles. The topological polar surface area (TPSA) is 84.7 Å². The summed E-state index contributed by atoms with van der Waals surface area (Å²) in [4.78, 5) is 11.9. The van der Waals surface area contributed by atoms with Gasteiger partial charge < -0.3 is 10.6 Å². The zero-order valence-corrected chi connectivity index (χ0v) is 12.3. The average molecular weight is 288 g/mol. The minimum absolute atomic E-state index is 0.00872. The lowest BCUT2D eigenvalue weighted by Crippen LogP contribution is -2.24. The van der Waals surface area contributed by atoms with E-state index in [0.717, 1.165) is 24.3 Å². The number of nitrogens with zero attached hydrogens (tertiary/aromatic N) is 4. The Morgan fingerprint density at radius 3 is 2.95 bits per heavy atom. The van der Waals surface area contributed by atoms with Crippen LogP contribution in [-0.2, 0) is 4.79 Å². The second-order valence-corrected chi connectivity index (χ2v) is 5.07. The minimum atomic E-state index is 0.00872. The van der Waals surface area contributed by atoms with E-state index in [1.807, 2.05) is 24.3 Å². The van der Waals surface area contributed by atoms with Crippen molar-refractivity contribution in [1.29, 1.82) is 0 Å². The van der Waals surface area contributed by atoms with Gasteiger partial charge in [-0.3, -0.25) is 4.79 Å². The number of benzene rings is 1. The molecule has 0 fully saturated rings. The van der Waals surface area contributed by atoms with Crippen LogP contribution in [0.2, 0.25) is 0 Å². The van der Waals surface area contributed by atoms with Gasteiger partial charge in [-0.05, 0) is 41.6 Å². The van der Waals surface area contributed by atoms with E-state index in [-0.39, 0.29) is 5.91 Å². The van der Waals surface area contributed by atoms with Crippen LogP contribution in [0.5, 0.6) is 0 Å². The fourth-order valence-corrected chi connectivity index (χ4v) is 1.87. The molecular formula is C14H20N6O. The SMILES string of the molecule is CC(C)NCCCC(=O)Nc1cccc(-n2cnnn2)c1. The Kier molecular flexibility index (Phi) is 5.39. The molecule has 0 aliphatic heterocycles. The number of rotatable bonds is 7. The molecule has 7 heteroatoms. The number of hydrogen-bond donors (Lipinski definition) is 2. The van der Waals surface area contributed by atoms with Crippen molar-refractivity contribution in [3.63, 3.8) is 0 Å². The summed E-state index contributed by atoms with van der Waals surface area (Å²) < 4.78 is 1.54. The van der Waals surface area contributed by atoms with Gasteiger partial charge in [0.2, 0.25) is 5.91 Å². The van der Waals surface area contributed by atoms with Gasteiger partial charge in [0, 0.05) is 18.2 Å². The highest BCUT2D eigenvalue weighted by Gasteiger charge is 2.04. The molecule has 0 bridgehead atoms. The number of hydrogen-bond acceptors (Lipinski definition) is 5. The standard InChI is InChI=1S/C14H20N6O/c1-11(2)15-8-4-7-14(21)17-12-5-3-6-13(9-12)20-10-16-18-19-20/h3,5-6,9-11,15H,4,7-8H2,1-2H3,(H,17,21). The lowest BCUT2D eigenvalue weighted by molar-refractivity contribution is -0.116. The molecule has 1 aromatic carbocycles. The van der Waals surface area contributed by atoms with Crippen LogP contribution in [0.4, 0.5) is 5.69 Å². The summed E-state index contributed by atoms with van der Waals surface area (Å²) in [6, 6.07) is 7.85. The Bertz CT molecular complexity index is 567. The summed E-state index contributed by atoms with van der Waals surface area (Å²) in [5.74, 6) is 0.00872. The summed E-state index contributed by atoms with van der Waals surface area (Å²) >= 11 is 0. The van der Waals surface area contributed by atoms with E-state index in [0.29, 0.717) is 12.5 Å². The summed E-state index contributed by atoms with van der Waals surface area (Å²) in [5, 5.41) is 17.2. The van der Waals surface area contributed by atoms with Crippen molar-refractivity contribution in [3.05, 3.63) is 30.6 Å². The summed E-state index contributed by atoms with van der Waals surface area (Å²) in [7, 11) is 0.